The summed E-state index contributed by atoms with van der Waals surface area (Å²) in [5, 5.41) is 0. The molecule has 0 bridgehead atoms. The van der Waals surface area contributed by atoms with Gasteiger partial charge in [-0.2, -0.15) is 0 Å². The van der Waals surface area contributed by atoms with Gasteiger partial charge in [-0.3, -0.25) is 0 Å². The summed E-state index contributed by atoms with van der Waals surface area (Å²) in [6.45, 7) is 7.10. The molecule has 2 atom stereocenters. The Morgan fingerprint density at radius 3 is 2.87 bits per heavy atom. The molecule has 1 aliphatic rings. The summed E-state index contributed by atoms with van der Waals surface area (Å²) < 4.78 is 0. The Bertz CT molecular complexity index is 266. The molecule has 1 heterocycles. The first-order valence-corrected chi connectivity index (χ1v) is 7.70. The molecule has 0 saturated heterocycles. The van der Waals surface area contributed by atoms with Gasteiger partial charge in [0.1, 0.15) is 0 Å². The second kappa shape index (κ2) is 7.21. The molecule has 0 aliphatic carbocycles. The van der Waals surface area contributed by atoms with Crippen LogP contribution in [0.2, 0.25) is 5.82 Å². The van der Waals surface area contributed by atoms with E-state index in [2.05, 4.69) is 38.8 Å². The van der Waals surface area contributed by atoms with Gasteiger partial charge in [0.15, 0.2) is 0 Å². The van der Waals surface area contributed by atoms with Crippen molar-refractivity contribution in [2.24, 2.45) is 0 Å². The van der Waals surface area contributed by atoms with Crippen molar-refractivity contribution in [1.82, 2.24) is 0 Å². The molecule has 0 amide bonds. The fraction of sp³-hybridized carbons (Fsp3) is 0.692. The monoisotopic (exact) mass is 222 g/mol. The second-order valence-corrected chi connectivity index (χ2v) is 6.12. The molecule has 0 aromatic carbocycles. The van der Waals surface area contributed by atoms with Crippen molar-refractivity contribution in [2.45, 2.75) is 51.8 Å². The van der Waals surface area contributed by atoms with Crippen LogP contribution in [0.25, 0.3) is 0 Å². The Balaban J connectivity index is 2.57. The Hall–Kier alpha value is -0.105. The zero-order chi connectivity index (χ0) is 11.1. The van der Waals surface area contributed by atoms with Gasteiger partial charge in [0.05, 0.1) is 0 Å². The van der Waals surface area contributed by atoms with Crippen molar-refractivity contribution in [3.63, 3.8) is 0 Å². The van der Waals surface area contributed by atoms with Gasteiger partial charge >= 0.3 is 97.7 Å². The van der Waals surface area contributed by atoms with Crippen LogP contribution in [0.1, 0.15) is 46.0 Å². The van der Waals surface area contributed by atoms with Crippen LogP contribution < -0.4 is 0 Å². The number of rotatable bonds is 5. The van der Waals surface area contributed by atoms with Gasteiger partial charge < -0.3 is 0 Å². The van der Waals surface area contributed by atoms with Gasteiger partial charge in [-0.15, -0.1) is 0 Å². The number of allylic oxidation sites excluding steroid dienone is 1. The van der Waals surface area contributed by atoms with E-state index in [1.54, 1.807) is 4.80 Å². The van der Waals surface area contributed by atoms with Gasteiger partial charge in [-0.05, 0) is 0 Å². The predicted octanol–water partition coefficient (Wildman–Crippen LogP) is 3.87. The van der Waals surface area contributed by atoms with E-state index in [-0.39, 0.29) is 10.5 Å². The molecule has 2 unspecified atom stereocenters. The minimum atomic E-state index is 0.269. The average Bonchev–Trinajstić information content (AvgIpc) is 2.26. The standard InChI is InChI=1S/C13H23BS/c1-4-6-9-12(5-2)14-13-10-7-8-11-15(13)3/h7-8,12H,3-6,9-11H2,1-2H3. The van der Waals surface area contributed by atoms with Crippen LogP contribution in [0.15, 0.2) is 12.2 Å². The minimum absolute atomic E-state index is 0.269. The van der Waals surface area contributed by atoms with E-state index in [4.69, 9.17) is 0 Å². The van der Waals surface area contributed by atoms with E-state index in [9.17, 15) is 0 Å². The van der Waals surface area contributed by atoms with E-state index in [1.165, 1.54) is 25.7 Å². The average molecular weight is 222 g/mol. The molecule has 0 nitrogen and oxygen atoms in total. The molecule has 84 valence electrons. The fourth-order valence-electron chi connectivity index (χ4n) is 1.91. The summed E-state index contributed by atoms with van der Waals surface area (Å²) in [6, 6.07) is 0. The molecule has 1 aliphatic heterocycles. The molecule has 2 heteroatoms. The molecule has 0 saturated carbocycles. The Morgan fingerprint density at radius 2 is 2.27 bits per heavy atom. The quantitative estimate of drug-likeness (QED) is 0.376. The van der Waals surface area contributed by atoms with Crippen molar-refractivity contribution in [1.29, 1.82) is 0 Å². The summed E-state index contributed by atoms with van der Waals surface area (Å²) in [5.74, 6) is 6.21. The van der Waals surface area contributed by atoms with Crippen molar-refractivity contribution >= 4 is 28.1 Å². The molecule has 0 spiro atoms. The molecule has 0 aromatic rings. The number of hydrogen-bond acceptors (Lipinski definition) is 0. The van der Waals surface area contributed by atoms with Crippen LogP contribution in [-0.4, -0.2) is 23.3 Å². The fourth-order valence-corrected chi connectivity index (χ4v) is 3.21. The normalized spacial score (nSPS) is 25.2. The van der Waals surface area contributed by atoms with Gasteiger partial charge in [-0.25, -0.2) is 0 Å². The first-order valence-electron chi connectivity index (χ1n) is 6.14. The molecular formula is C13H23BS. The first kappa shape index (κ1) is 13.0. The van der Waals surface area contributed by atoms with Gasteiger partial charge in [0.25, 0.3) is 0 Å². The molecule has 15 heavy (non-hydrogen) atoms. The predicted molar refractivity (Wildman–Crippen MR) is 77.7 cm³/mol. The maximum absolute atomic E-state index is 4.25. The van der Waals surface area contributed by atoms with Crippen molar-refractivity contribution in [3.05, 3.63) is 12.2 Å². The van der Waals surface area contributed by atoms with Crippen LogP contribution in [0.4, 0.5) is 0 Å². The molecular weight excluding hydrogens is 199 g/mol. The van der Waals surface area contributed by atoms with Gasteiger partial charge in [0, 0.05) is 0 Å². The van der Waals surface area contributed by atoms with Crippen LogP contribution in [0.3, 0.4) is 0 Å². The number of unbranched alkanes of at least 4 members (excludes halogenated alkanes) is 1. The van der Waals surface area contributed by atoms with Gasteiger partial charge in [-0.1, -0.05) is 0 Å². The second-order valence-electron chi connectivity index (χ2n) is 4.28. The maximum atomic E-state index is 4.25. The van der Waals surface area contributed by atoms with E-state index in [1.807, 2.05) is 0 Å². The van der Waals surface area contributed by atoms with Crippen molar-refractivity contribution < 1.29 is 0 Å². The molecule has 0 radical (unpaired) electrons. The summed E-state index contributed by atoms with van der Waals surface area (Å²) in [6.07, 6.45) is 11.0. The van der Waals surface area contributed by atoms with E-state index in [0.717, 1.165) is 18.0 Å². The first-order chi connectivity index (χ1) is 7.27. The SMILES string of the molecule is C=S1CC=CCC1=BC(CC)CCCC. The Labute approximate surface area is 98.0 Å². The van der Waals surface area contributed by atoms with Crippen LogP contribution in [-0.2, 0) is 0 Å². The summed E-state index contributed by atoms with van der Waals surface area (Å²) in [5.41, 5.74) is 0. The third-order valence-corrected chi connectivity index (χ3v) is 4.67. The summed E-state index contributed by atoms with van der Waals surface area (Å²) in [4.78, 5) is 1.60. The van der Waals surface area contributed by atoms with Crippen LogP contribution in [0, 0.1) is 0 Å². The Morgan fingerprint density at radius 1 is 1.47 bits per heavy atom. The Kier molecular flexibility index (Phi) is 6.23. The van der Waals surface area contributed by atoms with Crippen molar-refractivity contribution in [2.75, 3.05) is 5.75 Å². The molecule has 1 rings (SSSR count). The summed E-state index contributed by atoms with van der Waals surface area (Å²) >= 11 is 0. The molecule has 0 fully saturated rings. The van der Waals surface area contributed by atoms with Crippen LogP contribution in [0.5, 0.6) is 0 Å². The van der Waals surface area contributed by atoms with E-state index >= 15 is 0 Å². The molecule has 0 N–H and O–H groups in total. The van der Waals surface area contributed by atoms with Crippen LogP contribution >= 0.6 is 10.5 Å². The van der Waals surface area contributed by atoms with Crippen molar-refractivity contribution in [3.8, 4) is 0 Å². The zero-order valence-corrected chi connectivity index (χ0v) is 11.0. The third-order valence-electron chi connectivity index (χ3n) is 3.03. The zero-order valence-electron chi connectivity index (χ0n) is 10.2. The van der Waals surface area contributed by atoms with E-state index in [0.29, 0.717) is 0 Å². The third kappa shape index (κ3) is 4.50. The topological polar surface area (TPSA) is 0 Å². The summed E-state index contributed by atoms with van der Waals surface area (Å²) in [7, 11) is 0.269. The van der Waals surface area contributed by atoms with Gasteiger partial charge in [0.2, 0.25) is 0 Å². The van der Waals surface area contributed by atoms with E-state index < -0.39 is 0 Å². The molecule has 0 aromatic heterocycles. The number of hydrogen-bond donors (Lipinski definition) is 0.